The van der Waals surface area contributed by atoms with Crippen molar-refractivity contribution in [2.24, 2.45) is 0 Å². The van der Waals surface area contributed by atoms with E-state index in [1.165, 1.54) is 11.8 Å². The summed E-state index contributed by atoms with van der Waals surface area (Å²) in [6.07, 6.45) is -0.107. The lowest BCUT2D eigenvalue weighted by Crippen LogP contribution is -2.46. The first-order valence-corrected chi connectivity index (χ1v) is 11.1. The highest BCUT2D eigenvalue weighted by atomic mass is 32.2. The van der Waals surface area contributed by atoms with Gasteiger partial charge in [0.2, 0.25) is 5.91 Å². The van der Waals surface area contributed by atoms with Gasteiger partial charge in [-0.15, -0.1) is 11.8 Å². The summed E-state index contributed by atoms with van der Waals surface area (Å²) in [6, 6.07) is 15.5. The second kappa shape index (κ2) is 9.89. The summed E-state index contributed by atoms with van der Waals surface area (Å²) in [4.78, 5) is 31.5. The summed E-state index contributed by atoms with van der Waals surface area (Å²) in [6.45, 7) is 4.22. The number of hydrogen-bond donors (Lipinski definition) is 0. The van der Waals surface area contributed by atoms with Crippen LogP contribution >= 0.6 is 11.8 Å². The predicted octanol–water partition coefficient (Wildman–Crippen LogP) is 3.23. The van der Waals surface area contributed by atoms with Crippen LogP contribution in [0.5, 0.6) is 5.75 Å². The Balaban J connectivity index is 1.69. The van der Waals surface area contributed by atoms with Gasteiger partial charge in [0, 0.05) is 32.6 Å². The van der Waals surface area contributed by atoms with Crippen LogP contribution in [0.2, 0.25) is 0 Å². The summed E-state index contributed by atoms with van der Waals surface area (Å²) >= 11 is 1.39. The number of anilines is 1. The standard InChI is InChI=1S/C23H29N3O3S/c1-5-26-15-17(29-20-12-8-7-11-19(20)26)14-25(4)23(28)18-10-6-9-13-21(18)30-16-22(27)24(2)3/h6-13,17H,5,14-16H2,1-4H3/t17-/m1/s1. The lowest BCUT2D eigenvalue weighted by molar-refractivity contribution is -0.125. The number of fused-ring (bicyclic) bond motifs is 1. The van der Waals surface area contributed by atoms with Crippen LogP contribution in [-0.4, -0.2) is 74.2 Å². The summed E-state index contributed by atoms with van der Waals surface area (Å²) < 4.78 is 6.17. The molecule has 0 aromatic heterocycles. The van der Waals surface area contributed by atoms with E-state index in [-0.39, 0.29) is 17.9 Å². The zero-order valence-electron chi connectivity index (χ0n) is 18.0. The van der Waals surface area contributed by atoms with E-state index in [1.807, 2.05) is 42.5 Å². The van der Waals surface area contributed by atoms with Crippen molar-refractivity contribution >= 4 is 29.3 Å². The highest BCUT2D eigenvalue weighted by Crippen LogP contribution is 2.33. The number of benzene rings is 2. The van der Waals surface area contributed by atoms with E-state index in [0.29, 0.717) is 17.9 Å². The number of likely N-dealkylation sites (N-methyl/N-ethyl adjacent to an activating group) is 2. The van der Waals surface area contributed by atoms with Crippen molar-refractivity contribution in [3.05, 3.63) is 54.1 Å². The number of nitrogens with zero attached hydrogens (tertiary/aromatic N) is 3. The fraction of sp³-hybridized carbons (Fsp3) is 0.391. The molecule has 2 aromatic carbocycles. The van der Waals surface area contributed by atoms with Gasteiger partial charge >= 0.3 is 0 Å². The van der Waals surface area contributed by atoms with E-state index in [2.05, 4.69) is 17.9 Å². The van der Waals surface area contributed by atoms with Crippen molar-refractivity contribution in [1.82, 2.24) is 9.80 Å². The van der Waals surface area contributed by atoms with Gasteiger partial charge in [-0.1, -0.05) is 24.3 Å². The van der Waals surface area contributed by atoms with Crippen molar-refractivity contribution in [2.45, 2.75) is 17.9 Å². The fourth-order valence-electron chi connectivity index (χ4n) is 3.41. The molecule has 160 valence electrons. The third-order valence-corrected chi connectivity index (χ3v) is 6.16. The zero-order chi connectivity index (χ0) is 21.7. The Morgan fingerprint density at radius 1 is 1.10 bits per heavy atom. The molecule has 0 fully saturated rings. The first kappa shape index (κ1) is 22.0. The van der Waals surface area contributed by atoms with Crippen LogP contribution in [0, 0.1) is 0 Å². The Bertz CT molecular complexity index is 903. The van der Waals surface area contributed by atoms with Crippen LogP contribution in [-0.2, 0) is 4.79 Å². The second-order valence-corrected chi connectivity index (χ2v) is 8.52. The van der Waals surface area contributed by atoms with E-state index < -0.39 is 0 Å². The summed E-state index contributed by atoms with van der Waals surface area (Å²) in [5.41, 5.74) is 1.71. The van der Waals surface area contributed by atoms with Crippen molar-refractivity contribution in [3.63, 3.8) is 0 Å². The van der Waals surface area contributed by atoms with Crippen LogP contribution in [0.3, 0.4) is 0 Å². The SMILES string of the molecule is CCN1C[C@@H](CN(C)C(=O)c2ccccc2SCC(=O)N(C)C)Oc2ccccc21. The maximum absolute atomic E-state index is 13.2. The fourth-order valence-corrected chi connectivity index (χ4v) is 4.43. The molecule has 0 aliphatic carbocycles. The van der Waals surface area contributed by atoms with Crippen LogP contribution in [0.1, 0.15) is 17.3 Å². The van der Waals surface area contributed by atoms with E-state index in [9.17, 15) is 9.59 Å². The number of carbonyl (C=O) groups is 2. The highest BCUT2D eigenvalue weighted by molar-refractivity contribution is 8.00. The van der Waals surface area contributed by atoms with Crippen molar-refractivity contribution < 1.29 is 14.3 Å². The van der Waals surface area contributed by atoms with E-state index in [1.54, 1.807) is 30.9 Å². The van der Waals surface area contributed by atoms with Crippen LogP contribution < -0.4 is 9.64 Å². The second-order valence-electron chi connectivity index (χ2n) is 7.50. The van der Waals surface area contributed by atoms with Crippen LogP contribution in [0.25, 0.3) is 0 Å². The van der Waals surface area contributed by atoms with E-state index >= 15 is 0 Å². The number of carbonyl (C=O) groups excluding carboxylic acids is 2. The Morgan fingerprint density at radius 3 is 2.53 bits per heavy atom. The number of ether oxygens (including phenoxy) is 1. The molecule has 0 saturated heterocycles. The first-order chi connectivity index (χ1) is 14.4. The minimum Gasteiger partial charge on any atom is -0.485 e. The molecule has 3 rings (SSSR count). The van der Waals surface area contributed by atoms with Crippen LogP contribution in [0.4, 0.5) is 5.69 Å². The van der Waals surface area contributed by atoms with Gasteiger partial charge in [0.05, 0.1) is 30.1 Å². The lowest BCUT2D eigenvalue weighted by atomic mass is 10.1. The molecular formula is C23H29N3O3S. The molecule has 2 aromatic rings. The average molecular weight is 428 g/mol. The summed E-state index contributed by atoms with van der Waals surface area (Å²) in [5.74, 6) is 1.11. The Hall–Kier alpha value is -2.67. The Kier molecular flexibility index (Phi) is 7.26. The summed E-state index contributed by atoms with van der Waals surface area (Å²) in [5, 5.41) is 0. The molecule has 1 atom stereocenters. The van der Waals surface area contributed by atoms with Gasteiger partial charge in [0.15, 0.2) is 0 Å². The Labute approximate surface area is 182 Å². The van der Waals surface area contributed by atoms with E-state index in [0.717, 1.165) is 29.4 Å². The van der Waals surface area contributed by atoms with Gasteiger partial charge in [-0.3, -0.25) is 9.59 Å². The number of amides is 2. The molecule has 0 unspecified atom stereocenters. The lowest BCUT2D eigenvalue weighted by Gasteiger charge is -2.37. The molecule has 0 N–H and O–H groups in total. The number of rotatable bonds is 7. The maximum Gasteiger partial charge on any atom is 0.254 e. The van der Waals surface area contributed by atoms with Crippen molar-refractivity contribution in [2.75, 3.05) is 51.4 Å². The van der Waals surface area contributed by atoms with Gasteiger partial charge in [-0.25, -0.2) is 0 Å². The maximum atomic E-state index is 13.2. The normalized spacial score (nSPS) is 15.2. The van der Waals surface area contributed by atoms with Crippen LogP contribution in [0.15, 0.2) is 53.4 Å². The molecule has 0 saturated carbocycles. The molecule has 1 aliphatic heterocycles. The number of hydrogen-bond acceptors (Lipinski definition) is 5. The molecule has 6 nitrogen and oxygen atoms in total. The van der Waals surface area contributed by atoms with Gasteiger partial charge in [-0.05, 0) is 31.2 Å². The number of thioether (sulfide) groups is 1. The van der Waals surface area contributed by atoms with E-state index in [4.69, 9.17) is 4.74 Å². The van der Waals surface area contributed by atoms with Gasteiger partial charge in [-0.2, -0.15) is 0 Å². The molecule has 0 radical (unpaired) electrons. The molecule has 0 bridgehead atoms. The highest BCUT2D eigenvalue weighted by Gasteiger charge is 2.27. The van der Waals surface area contributed by atoms with Gasteiger partial charge in [0.25, 0.3) is 5.91 Å². The molecule has 0 spiro atoms. The minimum absolute atomic E-state index is 0.0181. The predicted molar refractivity (Wildman–Crippen MR) is 122 cm³/mol. The van der Waals surface area contributed by atoms with Crippen molar-refractivity contribution in [3.8, 4) is 5.75 Å². The minimum atomic E-state index is -0.107. The topological polar surface area (TPSA) is 53.1 Å². The largest absolute Gasteiger partial charge is 0.485 e. The monoisotopic (exact) mass is 427 g/mol. The quantitative estimate of drug-likeness (QED) is 0.635. The zero-order valence-corrected chi connectivity index (χ0v) is 18.8. The third-order valence-electron chi connectivity index (χ3n) is 5.10. The molecule has 2 amide bonds. The molecular weight excluding hydrogens is 398 g/mol. The number of para-hydroxylation sites is 2. The Morgan fingerprint density at radius 2 is 1.80 bits per heavy atom. The third kappa shape index (κ3) is 5.08. The average Bonchev–Trinajstić information content (AvgIpc) is 2.76. The van der Waals surface area contributed by atoms with Gasteiger partial charge < -0.3 is 19.4 Å². The first-order valence-electron chi connectivity index (χ1n) is 10.1. The smallest absolute Gasteiger partial charge is 0.254 e. The molecule has 1 heterocycles. The summed E-state index contributed by atoms with van der Waals surface area (Å²) in [7, 11) is 5.26. The molecule has 7 heteroatoms. The molecule has 1 aliphatic rings. The van der Waals surface area contributed by atoms with Gasteiger partial charge in [0.1, 0.15) is 11.9 Å². The van der Waals surface area contributed by atoms with Crippen molar-refractivity contribution in [1.29, 1.82) is 0 Å². The molecule has 30 heavy (non-hydrogen) atoms.